The van der Waals surface area contributed by atoms with Gasteiger partial charge in [0, 0.05) is 32.7 Å². The predicted octanol–water partition coefficient (Wildman–Crippen LogP) is 0.622. The molecule has 1 heterocycles. The van der Waals surface area contributed by atoms with E-state index < -0.39 is 5.97 Å². The normalized spacial score (nSPS) is 14.3. The molecule has 23 heavy (non-hydrogen) atoms. The van der Waals surface area contributed by atoms with E-state index in [1.807, 2.05) is 0 Å². The quantitative estimate of drug-likeness (QED) is 0.859. The zero-order chi connectivity index (χ0) is 17.1. The molecular weight excluding hydrogens is 300 g/mol. The molecule has 0 bridgehead atoms. The third-order valence-corrected chi connectivity index (χ3v) is 3.65. The average Bonchev–Trinajstić information content (AvgIpc) is 2.44. The molecule has 0 aromatic heterocycles. The van der Waals surface area contributed by atoms with Crippen LogP contribution < -0.4 is 0 Å². The number of likely N-dealkylation sites (tertiary alicyclic amines) is 1. The van der Waals surface area contributed by atoms with Gasteiger partial charge in [-0.2, -0.15) is 0 Å². The van der Waals surface area contributed by atoms with Crippen molar-refractivity contribution in [2.75, 3.05) is 33.8 Å². The highest BCUT2D eigenvalue weighted by molar-refractivity contribution is 5.98. The fraction of sp³-hybridized carbons (Fsp3) is 0.438. The summed E-state index contributed by atoms with van der Waals surface area (Å²) in [7, 11) is 3.31. The minimum atomic E-state index is -1.06. The molecule has 1 aromatic rings. The molecule has 7 heteroatoms. The van der Waals surface area contributed by atoms with Crippen LogP contribution in [0.1, 0.15) is 26.3 Å². The van der Waals surface area contributed by atoms with Gasteiger partial charge in [-0.25, -0.2) is 4.79 Å². The lowest BCUT2D eigenvalue weighted by Crippen LogP contribution is -2.55. The molecule has 1 aliphatic heterocycles. The van der Waals surface area contributed by atoms with Crippen LogP contribution in [0, 0.1) is 6.92 Å². The van der Waals surface area contributed by atoms with E-state index in [1.54, 1.807) is 32.0 Å². The van der Waals surface area contributed by atoms with Crippen LogP contribution in [0.2, 0.25) is 0 Å². The van der Waals surface area contributed by atoms with E-state index >= 15 is 0 Å². The molecule has 0 spiro atoms. The molecule has 2 rings (SSSR count). The lowest BCUT2D eigenvalue weighted by atomic mass is 10.0. The highest BCUT2D eigenvalue weighted by Gasteiger charge is 2.32. The fourth-order valence-corrected chi connectivity index (χ4v) is 2.24. The van der Waals surface area contributed by atoms with E-state index in [4.69, 9.17) is 9.84 Å². The summed E-state index contributed by atoms with van der Waals surface area (Å²) in [6.45, 7) is 2.54. The van der Waals surface area contributed by atoms with Crippen molar-refractivity contribution in [1.29, 1.82) is 0 Å². The second-order valence-electron chi connectivity index (χ2n) is 5.82. The number of benzene rings is 1. The first-order valence-electron chi connectivity index (χ1n) is 7.24. The van der Waals surface area contributed by atoms with Crippen molar-refractivity contribution in [2.45, 2.75) is 13.0 Å². The van der Waals surface area contributed by atoms with Crippen LogP contribution in [-0.4, -0.2) is 72.6 Å². The minimum Gasteiger partial charge on any atom is -0.478 e. The number of nitrogens with zero attached hydrogens (tertiary/aromatic N) is 2. The van der Waals surface area contributed by atoms with E-state index in [2.05, 4.69) is 0 Å². The first kappa shape index (κ1) is 17.0. The van der Waals surface area contributed by atoms with Crippen LogP contribution in [0.15, 0.2) is 18.2 Å². The van der Waals surface area contributed by atoms with Gasteiger partial charge in [-0.05, 0) is 30.7 Å². The number of hydrogen-bond acceptors (Lipinski definition) is 4. The SMILES string of the molecule is Cc1cc(C(=O)O)cc(C(=O)N2CC(OCC(=O)N(C)C)C2)c1. The molecule has 0 saturated carbocycles. The Hall–Kier alpha value is -2.41. The zero-order valence-electron chi connectivity index (χ0n) is 13.4. The smallest absolute Gasteiger partial charge is 0.335 e. The Morgan fingerprint density at radius 3 is 2.39 bits per heavy atom. The number of aryl methyl sites for hydroxylation is 1. The summed E-state index contributed by atoms with van der Waals surface area (Å²) < 4.78 is 5.42. The van der Waals surface area contributed by atoms with E-state index in [9.17, 15) is 14.4 Å². The first-order chi connectivity index (χ1) is 10.8. The Balaban J connectivity index is 1.92. The Morgan fingerprint density at radius 2 is 1.83 bits per heavy atom. The Labute approximate surface area is 134 Å². The number of hydrogen-bond donors (Lipinski definition) is 1. The van der Waals surface area contributed by atoms with Crippen molar-refractivity contribution >= 4 is 17.8 Å². The largest absolute Gasteiger partial charge is 0.478 e. The van der Waals surface area contributed by atoms with Gasteiger partial charge >= 0.3 is 5.97 Å². The molecule has 1 saturated heterocycles. The van der Waals surface area contributed by atoms with Crippen molar-refractivity contribution in [3.05, 3.63) is 34.9 Å². The molecule has 1 N–H and O–H groups in total. The number of carboxylic acid groups (broad SMARTS) is 1. The third-order valence-electron chi connectivity index (χ3n) is 3.65. The molecule has 1 aromatic carbocycles. The standard InChI is InChI=1S/C16H20N2O5/c1-10-4-11(6-12(5-10)16(21)22)15(20)18-7-13(8-18)23-9-14(19)17(2)3/h4-6,13H,7-9H2,1-3H3,(H,21,22). The summed E-state index contributed by atoms with van der Waals surface area (Å²) in [5.74, 6) is -1.41. The molecule has 0 atom stereocenters. The number of carboxylic acids is 1. The minimum absolute atomic E-state index is 0.00664. The van der Waals surface area contributed by atoms with Crippen LogP contribution in [0.3, 0.4) is 0 Å². The summed E-state index contributed by atoms with van der Waals surface area (Å²) in [6, 6.07) is 4.56. The monoisotopic (exact) mass is 320 g/mol. The van der Waals surface area contributed by atoms with Crippen molar-refractivity contribution in [3.63, 3.8) is 0 Å². The van der Waals surface area contributed by atoms with Crippen LogP contribution >= 0.6 is 0 Å². The maximum atomic E-state index is 12.3. The van der Waals surface area contributed by atoms with Crippen molar-refractivity contribution in [2.24, 2.45) is 0 Å². The van der Waals surface area contributed by atoms with E-state index in [1.165, 1.54) is 17.0 Å². The summed E-state index contributed by atoms with van der Waals surface area (Å²) in [5, 5.41) is 9.05. The van der Waals surface area contributed by atoms with E-state index in [0.717, 1.165) is 5.56 Å². The molecular formula is C16H20N2O5. The Morgan fingerprint density at radius 1 is 1.22 bits per heavy atom. The lowest BCUT2D eigenvalue weighted by Gasteiger charge is -2.39. The lowest BCUT2D eigenvalue weighted by molar-refractivity contribution is -0.138. The van der Waals surface area contributed by atoms with Gasteiger partial charge in [0.2, 0.25) is 5.91 Å². The highest BCUT2D eigenvalue weighted by Crippen LogP contribution is 2.18. The van der Waals surface area contributed by atoms with Gasteiger partial charge in [0.15, 0.2) is 0 Å². The van der Waals surface area contributed by atoms with Crippen LogP contribution in [0.25, 0.3) is 0 Å². The molecule has 7 nitrogen and oxygen atoms in total. The first-order valence-corrected chi connectivity index (χ1v) is 7.24. The average molecular weight is 320 g/mol. The number of carbonyl (C=O) groups is 3. The topological polar surface area (TPSA) is 87.1 Å². The summed E-state index contributed by atoms with van der Waals surface area (Å²) in [6.07, 6.45) is -0.161. The van der Waals surface area contributed by atoms with Gasteiger partial charge in [0.1, 0.15) is 6.61 Å². The predicted molar refractivity (Wildman–Crippen MR) is 82.5 cm³/mol. The maximum absolute atomic E-state index is 12.3. The van der Waals surface area contributed by atoms with Gasteiger partial charge in [0.05, 0.1) is 11.7 Å². The van der Waals surface area contributed by atoms with E-state index in [0.29, 0.717) is 18.7 Å². The molecule has 2 amide bonds. The van der Waals surface area contributed by atoms with Gasteiger partial charge < -0.3 is 19.6 Å². The number of amides is 2. The molecule has 0 unspecified atom stereocenters. The van der Waals surface area contributed by atoms with Crippen LogP contribution in [0.5, 0.6) is 0 Å². The van der Waals surface area contributed by atoms with Gasteiger partial charge in [-0.1, -0.05) is 0 Å². The summed E-state index contributed by atoms with van der Waals surface area (Å²) >= 11 is 0. The number of aromatic carboxylic acids is 1. The van der Waals surface area contributed by atoms with Crippen molar-refractivity contribution < 1.29 is 24.2 Å². The summed E-state index contributed by atoms with van der Waals surface area (Å²) in [5.41, 5.74) is 1.17. The fourth-order valence-electron chi connectivity index (χ4n) is 2.24. The number of rotatable bonds is 5. The number of ether oxygens (including phenoxy) is 1. The van der Waals surface area contributed by atoms with Crippen molar-refractivity contribution in [1.82, 2.24) is 9.80 Å². The number of carbonyl (C=O) groups excluding carboxylic acids is 2. The molecule has 0 radical (unpaired) electrons. The third kappa shape index (κ3) is 4.07. The Bertz CT molecular complexity index is 635. The Kier molecular flexibility index (Phi) is 5.00. The summed E-state index contributed by atoms with van der Waals surface area (Å²) in [4.78, 5) is 37.9. The molecule has 124 valence electrons. The van der Waals surface area contributed by atoms with Crippen LogP contribution in [0.4, 0.5) is 0 Å². The van der Waals surface area contributed by atoms with Gasteiger partial charge in [0.25, 0.3) is 5.91 Å². The second-order valence-corrected chi connectivity index (χ2v) is 5.82. The highest BCUT2D eigenvalue weighted by atomic mass is 16.5. The van der Waals surface area contributed by atoms with Gasteiger partial charge in [-0.15, -0.1) is 0 Å². The van der Waals surface area contributed by atoms with E-state index in [-0.39, 0.29) is 30.1 Å². The zero-order valence-corrected chi connectivity index (χ0v) is 13.4. The number of likely N-dealkylation sites (N-methyl/N-ethyl adjacent to an activating group) is 1. The van der Waals surface area contributed by atoms with Crippen LogP contribution in [-0.2, 0) is 9.53 Å². The molecule has 1 aliphatic rings. The van der Waals surface area contributed by atoms with Crippen molar-refractivity contribution in [3.8, 4) is 0 Å². The maximum Gasteiger partial charge on any atom is 0.335 e. The second kappa shape index (κ2) is 6.78. The molecule has 0 aliphatic carbocycles. The van der Waals surface area contributed by atoms with Gasteiger partial charge in [-0.3, -0.25) is 9.59 Å². The molecule has 1 fully saturated rings.